The number of carbonyl (C=O) groups is 1. The largest absolute Gasteiger partial charge is 0.457 e. The van der Waals surface area contributed by atoms with Gasteiger partial charge in [-0.05, 0) is 38.2 Å². The Morgan fingerprint density at radius 1 is 1.32 bits per heavy atom. The molecule has 1 aromatic carbocycles. The molecular weight excluding hydrogens is 344 g/mol. The van der Waals surface area contributed by atoms with E-state index >= 15 is 0 Å². The lowest BCUT2D eigenvalue weighted by molar-refractivity contribution is -0.385. The number of nitro benzene ring substituents is 1. The van der Waals surface area contributed by atoms with E-state index in [0.717, 1.165) is 0 Å². The van der Waals surface area contributed by atoms with Crippen molar-refractivity contribution in [1.82, 2.24) is 4.90 Å². The molecule has 2 aromatic rings. The van der Waals surface area contributed by atoms with Gasteiger partial charge in [-0.3, -0.25) is 19.8 Å². The van der Waals surface area contributed by atoms with Crippen molar-refractivity contribution in [2.75, 3.05) is 6.54 Å². The van der Waals surface area contributed by atoms with Gasteiger partial charge in [0.05, 0.1) is 4.92 Å². The van der Waals surface area contributed by atoms with E-state index in [1.54, 1.807) is 38.1 Å². The molecule has 25 heavy (non-hydrogen) atoms. The predicted octanol–water partition coefficient (Wildman–Crippen LogP) is 3.67. The summed E-state index contributed by atoms with van der Waals surface area (Å²) in [5.74, 6) is 0.608. The predicted molar refractivity (Wildman–Crippen MR) is 94.6 cm³/mol. The molecule has 2 heterocycles. The number of aryl methyl sites for hydroxylation is 1. The zero-order valence-electron chi connectivity index (χ0n) is 13.5. The molecule has 7 nitrogen and oxygen atoms in total. The van der Waals surface area contributed by atoms with Gasteiger partial charge in [0.25, 0.3) is 16.8 Å². The van der Waals surface area contributed by atoms with Crippen molar-refractivity contribution in [3.05, 3.63) is 57.5 Å². The molecule has 128 valence electrons. The van der Waals surface area contributed by atoms with Crippen LogP contribution in [0.3, 0.4) is 0 Å². The van der Waals surface area contributed by atoms with Gasteiger partial charge in [0, 0.05) is 29.8 Å². The van der Waals surface area contributed by atoms with Gasteiger partial charge >= 0.3 is 0 Å². The van der Waals surface area contributed by atoms with Crippen LogP contribution in [-0.2, 0) is 9.53 Å². The van der Waals surface area contributed by atoms with E-state index in [1.165, 1.54) is 17.0 Å². The standard InChI is InChI=1S/C17H14N2O5S/c1-3-18-16(20)15(24-17(18)25)9-12-6-7-14(23-12)11-5-4-10(2)13(8-11)19(21)22/h4-9H,3H2,1-2H3. The molecule has 0 N–H and O–H groups in total. The summed E-state index contributed by atoms with van der Waals surface area (Å²) in [6, 6.07) is 8.19. The lowest BCUT2D eigenvalue weighted by atomic mass is 10.1. The lowest BCUT2D eigenvalue weighted by Crippen LogP contribution is -2.27. The summed E-state index contributed by atoms with van der Waals surface area (Å²) in [7, 11) is 0. The van der Waals surface area contributed by atoms with Crippen molar-refractivity contribution in [2.24, 2.45) is 0 Å². The summed E-state index contributed by atoms with van der Waals surface area (Å²) in [5.41, 5.74) is 1.17. The summed E-state index contributed by atoms with van der Waals surface area (Å²) in [5, 5.41) is 11.2. The average molecular weight is 358 g/mol. The first kappa shape index (κ1) is 16.8. The monoisotopic (exact) mass is 358 g/mol. The number of nitrogens with zero attached hydrogens (tertiary/aromatic N) is 2. The summed E-state index contributed by atoms with van der Waals surface area (Å²) in [6.45, 7) is 3.89. The number of amides is 1. The molecule has 0 atom stereocenters. The van der Waals surface area contributed by atoms with Crippen molar-refractivity contribution in [3.63, 3.8) is 0 Å². The third-order valence-electron chi connectivity index (χ3n) is 3.78. The van der Waals surface area contributed by atoms with Crippen LogP contribution in [-0.4, -0.2) is 27.4 Å². The maximum absolute atomic E-state index is 12.1. The van der Waals surface area contributed by atoms with E-state index in [1.807, 2.05) is 0 Å². The molecule has 0 saturated carbocycles. The number of rotatable bonds is 4. The number of thiocarbonyl (C=S) groups is 1. The summed E-state index contributed by atoms with van der Waals surface area (Å²) in [6.07, 6.45) is 1.45. The number of benzene rings is 1. The molecule has 8 heteroatoms. The van der Waals surface area contributed by atoms with Gasteiger partial charge in [-0.2, -0.15) is 0 Å². The van der Waals surface area contributed by atoms with Crippen molar-refractivity contribution in [3.8, 4) is 11.3 Å². The molecule has 0 aliphatic carbocycles. The van der Waals surface area contributed by atoms with Gasteiger partial charge in [0.2, 0.25) is 0 Å². The quantitative estimate of drug-likeness (QED) is 0.359. The fraction of sp³-hybridized carbons (Fsp3) is 0.176. The number of hydrogen-bond acceptors (Lipinski definition) is 6. The fourth-order valence-corrected chi connectivity index (χ4v) is 2.75. The van der Waals surface area contributed by atoms with Crippen LogP contribution in [0.5, 0.6) is 0 Å². The highest BCUT2D eigenvalue weighted by molar-refractivity contribution is 7.80. The number of hydrogen-bond donors (Lipinski definition) is 0. The van der Waals surface area contributed by atoms with E-state index in [9.17, 15) is 14.9 Å². The lowest BCUT2D eigenvalue weighted by Gasteiger charge is -2.06. The maximum atomic E-state index is 12.1. The van der Waals surface area contributed by atoms with E-state index in [4.69, 9.17) is 21.4 Å². The highest BCUT2D eigenvalue weighted by atomic mass is 32.1. The zero-order valence-corrected chi connectivity index (χ0v) is 14.3. The number of ether oxygens (including phenoxy) is 1. The second-order valence-corrected chi connectivity index (χ2v) is 5.74. The number of carbonyl (C=O) groups excluding carboxylic acids is 1. The van der Waals surface area contributed by atoms with Crippen molar-refractivity contribution < 1.29 is 18.9 Å². The minimum Gasteiger partial charge on any atom is -0.457 e. The molecule has 1 aromatic heterocycles. The van der Waals surface area contributed by atoms with Gasteiger partial charge in [-0.1, -0.05) is 12.1 Å². The molecule has 1 fully saturated rings. The Morgan fingerprint density at radius 3 is 2.72 bits per heavy atom. The van der Waals surface area contributed by atoms with Crippen LogP contribution in [0.1, 0.15) is 18.2 Å². The van der Waals surface area contributed by atoms with E-state index in [-0.39, 0.29) is 22.5 Å². The fourth-order valence-electron chi connectivity index (χ4n) is 2.45. The molecule has 0 spiro atoms. The van der Waals surface area contributed by atoms with Gasteiger partial charge in [-0.25, -0.2) is 0 Å². The molecule has 0 bridgehead atoms. The number of nitro groups is 1. The first-order chi connectivity index (χ1) is 11.9. The van der Waals surface area contributed by atoms with E-state index < -0.39 is 4.92 Å². The molecule has 0 radical (unpaired) electrons. The number of likely N-dealkylation sites (N-methyl/N-ethyl adjacent to an activating group) is 1. The normalized spacial score (nSPS) is 15.8. The summed E-state index contributed by atoms with van der Waals surface area (Å²) in [4.78, 5) is 24.1. The maximum Gasteiger partial charge on any atom is 0.297 e. The van der Waals surface area contributed by atoms with Gasteiger partial charge in [-0.15, -0.1) is 0 Å². The van der Waals surface area contributed by atoms with Crippen LogP contribution in [0.15, 0.2) is 40.5 Å². The first-order valence-electron chi connectivity index (χ1n) is 7.51. The second-order valence-electron chi connectivity index (χ2n) is 5.39. The van der Waals surface area contributed by atoms with Crippen LogP contribution >= 0.6 is 12.2 Å². The van der Waals surface area contributed by atoms with Gasteiger partial charge < -0.3 is 9.15 Å². The average Bonchev–Trinajstić information content (AvgIpc) is 3.13. The summed E-state index contributed by atoms with van der Waals surface area (Å²) < 4.78 is 10.9. The van der Waals surface area contributed by atoms with Crippen LogP contribution in [0.2, 0.25) is 0 Å². The van der Waals surface area contributed by atoms with E-state index in [0.29, 0.717) is 29.2 Å². The number of furan rings is 1. The molecular formula is C17H14N2O5S. The topological polar surface area (TPSA) is 85.8 Å². The van der Waals surface area contributed by atoms with Crippen molar-refractivity contribution >= 4 is 35.1 Å². The van der Waals surface area contributed by atoms with Crippen molar-refractivity contribution in [1.29, 1.82) is 0 Å². The highest BCUT2D eigenvalue weighted by Crippen LogP contribution is 2.29. The third-order valence-corrected chi connectivity index (χ3v) is 4.08. The smallest absolute Gasteiger partial charge is 0.297 e. The van der Waals surface area contributed by atoms with Crippen LogP contribution < -0.4 is 0 Å². The van der Waals surface area contributed by atoms with Crippen LogP contribution in [0, 0.1) is 17.0 Å². The van der Waals surface area contributed by atoms with Gasteiger partial charge in [0.1, 0.15) is 11.5 Å². The first-order valence-corrected chi connectivity index (χ1v) is 7.92. The SMILES string of the molecule is CCN1C(=O)C(=Cc2ccc(-c3ccc(C)c([N+](=O)[O-])c3)o2)OC1=S. The Hall–Kier alpha value is -3.00. The Kier molecular flexibility index (Phi) is 4.37. The Balaban J connectivity index is 1.90. The van der Waals surface area contributed by atoms with E-state index in [2.05, 4.69) is 0 Å². The van der Waals surface area contributed by atoms with Crippen LogP contribution in [0.4, 0.5) is 5.69 Å². The Labute approximate surface area is 148 Å². The van der Waals surface area contributed by atoms with Gasteiger partial charge in [0.15, 0.2) is 5.76 Å². The summed E-state index contributed by atoms with van der Waals surface area (Å²) >= 11 is 4.99. The molecule has 0 unspecified atom stereocenters. The van der Waals surface area contributed by atoms with Crippen molar-refractivity contribution in [2.45, 2.75) is 13.8 Å². The third kappa shape index (κ3) is 3.16. The van der Waals surface area contributed by atoms with Crippen LogP contribution in [0.25, 0.3) is 17.4 Å². The molecule has 1 amide bonds. The molecule has 1 aliphatic heterocycles. The molecule has 1 saturated heterocycles. The second kappa shape index (κ2) is 6.48. The minimum atomic E-state index is -0.435. The zero-order chi connectivity index (χ0) is 18.1. The molecule has 1 aliphatic rings. The Morgan fingerprint density at radius 2 is 2.08 bits per heavy atom. The minimum absolute atomic E-state index is 0.0204. The molecule has 3 rings (SSSR count). The Bertz CT molecular complexity index is 916. The highest BCUT2D eigenvalue weighted by Gasteiger charge is 2.32.